The van der Waals surface area contributed by atoms with Crippen molar-refractivity contribution in [2.45, 2.75) is 13.8 Å². The van der Waals surface area contributed by atoms with Gasteiger partial charge in [0, 0.05) is 16.6 Å². The summed E-state index contributed by atoms with van der Waals surface area (Å²) in [6.45, 7) is 4.18. The van der Waals surface area contributed by atoms with Crippen molar-refractivity contribution < 1.29 is 4.79 Å². The Balaban J connectivity index is 1.58. The van der Waals surface area contributed by atoms with Crippen LogP contribution < -0.4 is 5.32 Å². The van der Waals surface area contributed by atoms with E-state index in [1.165, 1.54) is 11.1 Å². The average molecular weight is 402 g/mol. The van der Waals surface area contributed by atoms with Crippen LogP contribution in [0.5, 0.6) is 0 Å². The molecule has 4 aromatic carbocycles. The lowest BCUT2D eigenvalue weighted by atomic mass is 10.0. The van der Waals surface area contributed by atoms with Gasteiger partial charge in [-0.25, -0.2) is 4.98 Å². The van der Waals surface area contributed by atoms with Gasteiger partial charge in [-0.15, -0.1) is 0 Å². The van der Waals surface area contributed by atoms with Crippen LogP contribution in [0.3, 0.4) is 0 Å². The van der Waals surface area contributed by atoms with Crippen molar-refractivity contribution in [3.05, 3.63) is 108 Å². The molecule has 0 aliphatic rings. The fraction of sp³-hybridized carbons (Fsp3) is 0.0714. The normalized spacial score (nSPS) is 11.0. The predicted molar refractivity (Wildman–Crippen MR) is 129 cm³/mol. The molecule has 0 spiro atoms. The molecule has 1 N–H and O–H groups in total. The fourth-order valence-corrected chi connectivity index (χ4v) is 3.88. The molecule has 0 saturated carbocycles. The van der Waals surface area contributed by atoms with Crippen molar-refractivity contribution in [1.29, 1.82) is 0 Å². The molecule has 3 heteroatoms. The van der Waals surface area contributed by atoms with Crippen LogP contribution in [-0.4, -0.2) is 10.9 Å². The largest absolute Gasteiger partial charge is 0.322 e. The Morgan fingerprint density at radius 2 is 1.52 bits per heavy atom. The summed E-state index contributed by atoms with van der Waals surface area (Å²) in [7, 11) is 0. The predicted octanol–water partition coefficient (Wildman–Crippen LogP) is 6.92. The van der Waals surface area contributed by atoms with E-state index in [2.05, 4.69) is 43.4 Å². The quantitative estimate of drug-likeness (QED) is 0.356. The minimum Gasteiger partial charge on any atom is -0.322 e. The SMILES string of the molecule is Cc1ccc(-c2cc(C(=O)Nc3ccc4ccccc4c3)c3ccccc3n2)cc1C. The van der Waals surface area contributed by atoms with Gasteiger partial charge in [0.25, 0.3) is 5.91 Å². The highest BCUT2D eigenvalue weighted by atomic mass is 16.1. The number of aromatic nitrogens is 1. The fourth-order valence-electron chi connectivity index (χ4n) is 3.88. The Morgan fingerprint density at radius 1 is 0.742 bits per heavy atom. The number of benzene rings is 4. The Morgan fingerprint density at radius 3 is 2.35 bits per heavy atom. The number of nitrogens with one attached hydrogen (secondary N) is 1. The zero-order valence-electron chi connectivity index (χ0n) is 17.5. The summed E-state index contributed by atoms with van der Waals surface area (Å²) >= 11 is 0. The number of rotatable bonds is 3. The molecule has 5 rings (SSSR count). The number of carbonyl (C=O) groups is 1. The Kier molecular flexibility index (Phi) is 4.72. The third kappa shape index (κ3) is 3.66. The molecule has 0 atom stereocenters. The van der Waals surface area contributed by atoms with Crippen LogP contribution in [0.15, 0.2) is 91.0 Å². The lowest BCUT2D eigenvalue weighted by Gasteiger charge is -2.12. The summed E-state index contributed by atoms with van der Waals surface area (Å²) in [5.74, 6) is -0.140. The standard InChI is InChI=1S/C28H22N2O/c1-18-11-12-22(15-19(18)2)27-17-25(24-9-5-6-10-26(24)30-27)28(31)29-23-14-13-20-7-3-4-8-21(20)16-23/h3-17H,1-2H3,(H,29,31). The van der Waals surface area contributed by atoms with Crippen molar-refractivity contribution in [2.24, 2.45) is 0 Å². The molecule has 0 aliphatic heterocycles. The first-order valence-electron chi connectivity index (χ1n) is 10.4. The Labute approximate surface area is 181 Å². The molecule has 3 nitrogen and oxygen atoms in total. The smallest absolute Gasteiger partial charge is 0.256 e. The maximum absolute atomic E-state index is 13.3. The molecule has 5 aromatic rings. The van der Waals surface area contributed by atoms with Gasteiger partial charge in [0.2, 0.25) is 0 Å². The summed E-state index contributed by atoms with van der Waals surface area (Å²) in [5.41, 5.74) is 6.44. The highest BCUT2D eigenvalue weighted by Crippen LogP contribution is 2.27. The number of carbonyl (C=O) groups excluding carboxylic acids is 1. The zero-order valence-corrected chi connectivity index (χ0v) is 17.5. The molecule has 31 heavy (non-hydrogen) atoms. The Hall–Kier alpha value is -3.98. The molecule has 0 bridgehead atoms. The molecular formula is C28H22N2O. The topological polar surface area (TPSA) is 42.0 Å². The van der Waals surface area contributed by atoms with E-state index in [0.717, 1.165) is 38.6 Å². The number of anilines is 1. The first kappa shape index (κ1) is 19.0. The lowest BCUT2D eigenvalue weighted by molar-refractivity contribution is 0.102. The number of hydrogen-bond acceptors (Lipinski definition) is 2. The number of para-hydroxylation sites is 1. The van der Waals surface area contributed by atoms with Crippen LogP contribution in [0.2, 0.25) is 0 Å². The van der Waals surface area contributed by atoms with Crippen LogP contribution in [-0.2, 0) is 0 Å². The third-order valence-corrected chi connectivity index (χ3v) is 5.77. The maximum Gasteiger partial charge on any atom is 0.256 e. The van der Waals surface area contributed by atoms with Gasteiger partial charge in [-0.1, -0.05) is 60.7 Å². The minimum absolute atomic E-state index is 0.140. The highest BCUT2D eigenvalue weighted by molar-refractivity contribution is 6.13. The first-order chi connectivity index (χ1) is 15.1. The molecule has 1 heterocycles. The number of nitrogens with zero attached hydrogens (tertiary/aromatic N) is 1. The van der Waals surface area contributed by atoms with Crippen LogP contribution in [0.4, 0.5) is 5.69 Å². The average Bonchev–Trinajstić information content (AvgIpc) is 2.80. The van der Waals surface area contributed by atoms with E-state index in [9.17, 15) is 4.79 Å². The van der Waals surface area contributed by atoms with Crippen molar-refractivity contribution in [2.75, 3.05) is 5.32 Å². The second kappa shape index (κ2) is 7.69. The zero-order chi connectivity index (χ0) is 21.4. The van der Waals surface area contributed by atoms with Gasteiger partial charge in [0.1, 0.15) is 0 Å². The summed E-state index contributed by atoms with van der Waals surface area (Å²) in [6.07, 6.45) is 0. The van der Waals surface area contributed by atoms with E-state index in [4.69, 9.17) is 4.98 Å². The molecule has 1 aromatic heterocycles. The van der Waals surface area contributed by atoms with E-state index < -0.39 is 0 Å². The Bertz CT molecular complexity index is 1450. The van der Waals surface area contributed by atoms with Gasteiger partial charge in [-0.2, -0.15) is 0 Å². The van der Waals surface area contributed by atoms with Crippen LogP contribution >= 0.6 is 0 Å². The van der Waals surface area contributed by atoms with E-state index in [1.807, 2.05) is 66.7 Å². The molecular weight excluding hydrogens is 380 g/mol. The van der Waals surface area contributed by atoms with E-state index >= 15 is 0 Å². The maximum atomic E-state index is 13.3. The molecule has 0 saturated heterocycles. The van der Waals surface area contributed by atoms with Crippen molar-refractivity contribution >= 4 is 33.3 Å². The number of hydrogen-bond donors (Lipinski definition) is 1. The number of fused-ring (bicyclic) bond motifs is 2. The summed E-state index contributed by atoms with van der Waals surface area (Å²) in [6, 6.07) is 30.0. The molecule has 0 aliphatic carbocycles. The van der Waals surface area contributed by atoms with Gasteiger partial charge in [0.05, 0.1) is 16.8 Å². The van der Waals surface area contributed by atoms with Gasteiger partial charge in [-0.3, -0.25) is 4.79 Å². The summed E-state index contributed by atoms with van der Waals surface area (Å²) in [4.78, 5) is 18.2. The van der Waals surface area contributed by atoms with Gasteiger partial charge < -0.3 is 5.32 Å². The number of aryl methyl sites for hydroxylation is 2. The first-order valence-corrected chi connectivity index (χ1v) is 10.4. The third-order valence-electron chi connectivity index (χ3n) is 5.77. The summed E-state index contributed by atoms with van der Waals surface area (Å²) in [5, 5.41) is 6.15. The van der Waals surface area contributed by atoms with Gasteiger partial charge in [-0.05, 0) is 66.1 Å². The second-order valence-electron chi connectivity index (χ2n) is 7.89. The molecule has 150 valence electrons. The monoisotopic (exact) mass is 402 g/mol. The lowest BCUT2D eigenvalue weighted by Crippen LogP contribution is -2.13. The number of pyridine rings is 1. The van der Waals surface area contributed by atoms with E-state index in [1.54, 1.807) is 0 Å². The molecule has 1 amide bonds. The van der Waals surface area contributed by atoms with Crippen molar-refractivity contribution in [3.8, 4) is 11.3 Å². The van der Waals surface area contributed by atoms with Gasteiger partial charge >= 0.3 is 0 Å². The minimum atomic E-state index is -0.140. The van der Waals surface area contributed by atoms with Crippen LogP contribution in [0, 0.1) is 13.8 Å². The van der Waals surface area contributed by atoms with E-state index in [-0.39, 0.29) is 5.91 Å². The van der Waals surface area contributed by atoms with E-state index in [0.29, 0.717) is 5.56 Å². The van der Waals surface area contributed by atoms with Crippen LogP contribution in [0.25, 0.3) is 32.9 Å². The summed E-state index contributed by atoms with van der Waals surface area (Å²) < 4.78 is 0. The number of amides is 1. The molecule has 0 radical (unpaired) electrons. The second-order valence-corrected chi connectivity index (χ2v) is 7.89. The van der Waals surface area contributed by atoms with Gasteiger partial charge in [0.15, 0.2) is 0 Å². The highest BCUT2D eigenvalue weighted by Gasteiger charge is 2.15. The molecule has 0 fully saturated rings. The van der Waals surface area contributed by atoms with Crippen molar-refractivity contribution in [3.63, 3.8) is 0 Å². The molecule has 0 unspecified atom stereocenters. The van der Waals surface area contributed by atoms with Crippen LogP contribution in [0.1, 0.15) is 21.5 Å². The van der Waals surface area contributed by atoms with Crippen molar-refractivity contribution in [1.82, 2.24) is 4.98 Å².